The lowest BCUT2D eigenvalue weighted by Gasteiger charge is -2.06. The van der Waals surface area contributed by atoms with Crippen LogP contribution in [0.3, 0.4) is 0 Å². The number of aliphatic hydroxyl groups excluding tert-OH is 1. The molecule has 0 aliphatic carbocycles. The van der Waals surface area contributed by atoms with Gasteiger partial charge in [-0.05, 0) is 27.6 Å². The number of rotatable bonds is 2. The van der Waals surface area contributed by atoms with E-state index in [1.54, 1.807) is 12.4 Å². The van der Waals surface area contributed by atoms with E-state index < -0.39 is 0 Å². The molecule has 0 saturated heterocycles. The van der Waals surface area contributed by atoms with Gasteiger partial charge in [0.1, 0.15) is 0 Å². The van der Waals surface area contributed by atoms with Crippen molar-refractivity contribution in [3.63, 3.8) is 0 Å². The Morgan fingerprint density at radius 3 is 2.91 bits per heavy atom. The largest absolute Gasteiger partial charge is 0.394 e. The summed E-state index contributed by atoms with van der Waals surface area (Å²) in [5.74, 6) is 0. The summed E-state index contributed by atoms with van der Waals surface area (Å²) >= 11 is 3.26. The molecule has 0 saturated carbocycles. The van der Waals surface area contributed by atoms with Gasteiger partial charge in [0.05, 0.1) is 12.6 Å². The first-order valence-electron chi connectivity index (χ1n) is 3.21. The average molecular weight is 217 g/mol. The summed E-state index contributed by atoms with van der Waals surface area (Å²) in [4.78, 5) is 3.92. The molecule has 3 N–H and O–H groups in total. The number of nitrogens with two attached hydrogens (primary N) is 1. The molecule has 1 heterocycles. The monoisotopic (exact) mass is 216 g/mol. The molecule has 0 aliphatic heterocycles. The molecule has 3 nitrogen and oxygen atoms in total. The van der Waals surface area contributed by atoms with E-state index in [0.29, 0.717) is 0 Å². The minimum Gasteiger partial charge on any atom is -0.394 e. The van der Waals surface area contributed by atoms with Crippen LogP contribution in [0.1, 0.15) is 11.6 Å². The number of hydrogen-bond acceptors (Lipinski definition) is 3. The minimum atomic E-state index is -0.333. The zero-order chi connectivity index (χ0) is 8.27. The third-order valence-corrected chi connectivity index (χ3v) is 1.78. The Balaban J connectivity index is 2.86. The molecule has 0 aromatic carbocycles. The van der Waals surface area contributed by atoms with Crippen molar-refractivity contribution < 1.29 is 5.11 Å². The molecule has 0 aliphatic rings. The quantitative estimate of drug-likeness (QED) is 0.771. The van der Waals surface area contributed by atoms with Crippen molar-refractivity contribution in [3.8, 4) is 0 Å². The molecule has 0 unspecified atom stereocenters. The normalized spacial score (nSPS) is 13.0. The molecule has 1 aromatic heterocycles. The van der Waals surface area contributed by atoms with Crippen LogP contribution < -0.4 is 5.73 Å². The van der Waals surface area contributed by atoms with Crippen LogP contribution in [0.4, 0.5) is 0 Å². The SMILES string of the molecule is N[C@@H](CO)c1cncc(Br)c1. The van der Waals surface area contributed by atoms with Crippen LogP contribution in [0.15, 0.2) is 22.9 Å². The highest BCUT2D eigenvalue weighted by Gasteiger charge is 2.03. The molecule has 4 heteroatoms. The van der Waals surface area contributed by atoms with Crippen molar-refractivity contribution in [3.05, 3.63) is 28.5 Å². The van der Waals surface area contributed by atoms with Gasteiger partial charge in [-0.1, -0.05) is 0 Å². The lowest BCUT2D eigenvalue weighted by atomic mass is 10.1. The van der Waals surface area contributed by atoms with Crippen LogP contribution in [0.2, 0.25) is 0 Å². The number of aliphatic hydroxyl groups is 1. The molecule has 1 aromatic rings. The van der Waals surface area contributed by atoms with Crippen molar-refractivity contribution >= 4 is 15.9 Å². The Hall–Kier alpha value is -0.450. The molecular formula is C7H9BrN2O. The summed E-state index contributed by atoms with van der Waals surface area (Å²) in [6, 6.07) is 1.51. The Kier molecular flexibility index (Phi) is 2.99. The minimum absolute atomic E-state index is 0.0574. The highest BCUT2D eigenvalue weighted by molar-refractivity contribution is 9.10. The summed E-state index contributed by atoms with van der Waals surface area (Å²) in [5.41, 5.74) is 6.39. The van der Waals surface area contributed by atoms with Crippen molar-refractivity contribution in [2.24, 2.45) is 5.73 Å². The third-order valence-electron chi connectivity index (χ3n) is 1.35. The van der Waals surface area contributed by atoms with E-state index in [1.165, 1.54) is 0 Å². The number of pyridine rings is 1. The Bertz CT molecular complexity index is 242. The second-order valence-corrected chi connectivity index (χ2v) is 3.14. The summed E-state index contributed by atoms with van der Waals surface area (Å²) < 4.78 is 0.874. The van der Waals surface area contributed by atoms with E-state index in [4.69, 9.17) is 10.8 Å². The fourth-order valence-corrected chi connectivity index (χ4v) is 1.12. The predicted molar refractivity (Wildman–Crippen MR) is 46.0 cm³/mol. The summed E-state index contributed by atoms with van der Waals surface area (Å²) in [5, 5.41) is 8.71. The van der Waals surface area contributed by atoms with Crippen molar-refractivity contribution in [2.75, 3.05) is 6.61 Å². The first-order valence-corrected chi connectivity index (χ1v) is 4.00. The Morgan fingerprint density at radius 2 is 2.36 bits per heavy atom. The molecule has 0 bridgehead atoms. The van der Waals surface area contributed by atoms with Crippen molar-refractivity contribution in [1.29, 1.82) is 0 Å². The maximum atomic E-state index is 8.71. The smallest absolute Gasteiger partial charge is 0.0624 e. The number of hydrogen-bond donors (Lipinski definition) is 2. The highest BCUT2D eigenvalue weighted by atomic mass is 79.9. The van der Waals surface area contributed by atoms with Gasteiger partial charge in [-0.25, -0.2) is 0 Å². The summed E-state index contributed by atoms with van der Waals surface area (Å²) in [6.07, 6.45) is 3.32. The second-order valence-electron chi connectivity index (χ2n) is 2.23. The maximum absolute atomic E-state index is 8.71. The topological polar surface area (TPSA) is 59.1 Å². The van der Waals surface area contributed by atoms with Crippen LogP contribution in [-0.2, 0) is 0 Å². The van der Waals surface area contributed by atoms with Gasteiger partial charge in [0, 0.05) is 16.9 Å². The van der Waals surface area contributed by atoms with E-state index >= 15 is 0 Å². The average Bonchev–Trinajstić information content (AvgIpc) is 2.03. The third kappa shape index (κ3) is 2.25. The zero-order valence-electron chi connectivity index (χ0n) is 5.87. The second kappa shape index (κ2) is 3.80. The standard InChI is InChI=1S/C7H9BrN2O/c8-6-1-5(2-10-3-6)7(9)4-11/h1-3,7,11H,4,9H2/t7-/m0/s1. The molecule has 0 radical (unpaired) electrons. The zero-order valence-corrected chi connectivity index (χ0v) is 7.45. The van der Waals surface area contributed by atoms with Gasteiger partial charge >= 0.3 is 0 Å². The van der Waals surface area contributed by atoms with Crippen LogP contribution in [0, 0.1) is 0 Å². The van der Waals surface area contributed by atoms with Gasteiger partial charge in [-0.3, -0.25) is 4.98 Å². The van der Waals surface area contributed by atoms with Gasteiger partial charge in [-0.15, -0.1) is 0 Å². The van der Waals surface area contributed by atoms with Crippen LogP contribution in [0.25, 0.3) is 0 Å². The van der Waals surface area contributed by atoms with Crippen molar-refractivity contribution in [1.82, 2.24) is 4.98 Å². The van der Waals surface area contributed by atoms with E-state index in [0.717, 1.165) is 10.0 Å². The van der Waals surface area contributed by atoms with Gasteiger partial charge in [0.15, 0.2) is 0 Å². The van der Waals surface area contributed by atoms with E-state index in [9.17, 15) is 0 Å². The number of aromatic nitrogens is 1. The number of halogens is 1. The van der Waals surface area contributed by atoms with Gasteiger partial charge in [0.2, 0.25) is 0 Å². The Morgan fingerprint density at radius 1 is 1.64 bits per heavy atom. The first kappa shape index (κ1) is 8.64. The van der Waals surface area contributed by atoms with Gasteiger partial charge in [0.25, 0.3) is 0 Å². The van der Waals surface area contributed by atoms with Crippen LogP contribution in [0.5, 0.6) is 0 Å². The predicted octanol–water partition coefficient (Wildman–Crippen LogP) is 0.836. The van der Waals surface area contributed by atoms with E-state index in [-0.39, 0.29) is 12.6 Å². The first-order chi connectivity index (χ1) is 5.24. The molecule has 11 heavy (non-hydrogen) atoms. The summed E-state index contributed by atoms with van der Waals surface area (Å²) in [7, 11) is 0. The Labute approximate surface area is 73.4 Å². The fourth-order valence-electron chi connectivity index (χ4n) is 0.736. The number of nitrogens with zero attached hydrogens (tertiary/aromatic N) is 1. The van der Waals surface area contributed by atoms with Gasteiger partial charge < -0.3 is 10.8 Å². The molecule has 1 atom stereocenters. The lowest BCUT2D eigenvalue weighted by Crippen LogP contribution is -2.14. The maximum Gasteiger partial charge on any atom is 0.0624 e. The lowest BCUT2D eigenvalue weighted by molar-refractivity contribution is 0.268. The molecule has 60 valence electrons. The van der Waals surface area contributed by atoms with Crippen LogP contribution in [-0.4, -0.2) is 16.7 Å². The highest BCUT2D eigenvalue weighted by Crippen LogP contribution is 2.13. The van der Waals surface area contributed by atoms with Crippen LogP contribution >= 0.6 is 15.9 Å². The molecule has 0 fully saturated rings. The fraction of sp³-hybridized carbons (Fsp3) is 0.286. The summed E-state index contributed by atoms with van der Waals surface area (Å²) in [6.45, 7) is -0.0574. The van der Waals surface area contributed by atoms with E-state index in [1.807, 2.05) is 6.07 Å². The van der Waals surface area contributed by atoms with E-state index in [2.05, 4.69) is 20.9 Å². The van der Waals surface area contributed by atoms with Gasteiger partial charge in [-0.2, -0.15) is 0 Å². The molecular weight excluding hydrogens is 208 g/mol. The van der Waals surface area contributed by atoms with Crippen molar-refractivity contribution in [2.45, 2.75) is 6.04 Å². The molecule has 0 spiro atoms. The molecule has 0 amide bonds. The molecule has 1 rings (SSSR count).